The van der Waals surface area contributed by atoms with Gasteiger partial charge in [-0.2, -0.15) is 0 Å². The summed E-state index contributed by atoms with van der Waals surface area (Å²) in [5.41, 5.74) is 7.57. The quantitative estimate of drug-likeness (QED) is 0.884. The van der Waals surface area contributed by atoms with Gasteiger partial charge in [-0.3, -0.25) is 4.90 Å². The lowest BCUT2D eigenvalue weighted by atomic mass is 10.2. The van der Waals surface area contributed by atoms with E-state index < -0.39 is 0 Å². The van der Waals surface area contributed by atoms with Crippen molar-refractivity contribution in [3.8, 4) is 0 Å². The van der Waals surface area contributed by atoms with Crippen LogP contribution in [0.5, 0.6) is 0 Å². The normalized spacial score (nSPS) is 11.1. The minimum atomic E-state index is -0.207. The number of nitrogens with zero attached hydrogens (tertiary/aromatic N) is 1. The highest BCUT2D eigenvalue weighted by molar-refractivity contribution is 5.18. The van der Waals surface area contributed by atoms with Crippen molar-refractivity contribution >= 4 is 0 Å². The molecular formula is C14H17FN2O. The van der Waals surface area contributed by atoms with E-state index in [1.54, 1.807) is 18.4 Å². The molecule has 0 radical (unpaired) electrons. The maximum absolute atomic E-state index is 13.1. The lowest BCUT2D eigenvalue weighted by molar-refractivity contribution is 0.286. The van der Waals surface area contributed by atoms with E-state index in [4.69, 9.17) is 10.2 Å². The molecule has 96 valence electrons. The molecule has 2 rings (SSSR count). The van der Waals surface area contributed by atoms with E-state index in [0.717, 1.165) is 16.9 Å². The second-order valence-corrected chi connectivity index (χ2v) is 4.38. The maximum Gasteiger partial charge on any atom is 0.123 e. The van der Waals surface area contributed by atoms with Gasteiger partial charge in [0.15, 0.2) is 0 Å². The molecule has 3 nitrogen and oxygen atoms in total. The fourth-order valence-electron chi connectivity index (χ4n) is 1.94. The molecule has 0 amide bonds. The van der Waals surface area contributed by atoms with E-state index in [1.807, 2.05) is 19.2 Å². The third kappa shape index (κ3) is 3.18. The number of furan rings is 1. The summed E-state index contributed by atoms with van der Waals surface area (Å²) < 4.78 is 18.5. The molecule has 0 fully saturated rings. The first kappa shape index (κ1) is 12.8. The smallest absolute Gasteiger partial charge is 0.123 e. The molecule has 0 unspecified atom stereocenters. The Labute approximate surface area is 106 Å². The van der Waals surface area contributed by atoms with E-state index in [9.17, 15) is 4.39 Å². The van der Waals surface area contributed by atoms with Crippen molar-refractivity contribution in [2.45, 2.75) is 19.6 Å². The van der Waals surface area contributed by atoms with Gasteiger partial charge < -0.3 is 10.2 Å². The average molecular weight is 248 g/mol. The first-order valence-corrected chi connectivity index (χ1v) is 5.87. The van der Waals surface area contributed by atoms with Crippen LogP contribution in [0.2, 0.25) is 0 Å². The summed E-state index contributed by atoms with van der Waals surface area (Å²) in [7, 11) is 1.97. The van der Waals surface area contributed by atoms with Gasteiger partial charge in [0.05, 0.1) is 12.8 Å². The summed E-state index contributed by atoms with van der Waals surface area (Å²) in [5.74, 6) is 0.665. The standard InChI is InChI=1S/C14H17FN2O/c1-17(9-11-3-2-4-13(15)7-11)10-14-12(8-16)5-6-18-14/h2-7H,8-10,16H2,1H3. The summed E-state index contributed by atoms with van der Waals surface area (Å²) in [5, 5.41) is 0. The van der Waals surface area contributed by atoms with Crippen LogP contribution in [0.15, 0.2) is 41.0 Å². The predicted octanol–water partition coefficient (Wildman–Crippen LogP) is 2.51. The van der Waals surface area contributed by atoms with Crippen molar-refractivity contribution in [2.75, 3.05) is 7.05 Å². The summed E-state index contributed by atoms with van der Waals surface area (Å²) in [4.78, 5) is 2.06. The van der Waals surface area contributed by atoms with E-state index in [0.29, 0.717) is 19.6 Å². The number of halogens is 1. The third-order valence-corrected chi connectivity index (χ3v) is 2.81. The molecule has 1 aromatic carbocycles. The molecule has 0 bridgehead atoms. The Kier molecular flexibility index (Phi) is 4.12. The van der Waals surface area contributed by atoms with Crippen LogP contribution < -0.4 is 5.73 Å². The molecule has 0 atom stereocenters. The Hall–Kier alpha value is -1.65. The molecule has 2 aromatic rings. The largest absolute Gasteiger partial charge is 0.468 e. The van der Waals surface area contributed by atoms with Crippen molar-refractivity contribution in [2.24, 2.45) is 5.73 Å². The van der Waals surface area contributed by atoms with Gasteiger partial charge in [-0.05, 0) is 30.8 Å². The molecule has 2 N–H and O–H groups in total. The molecule has 0 saturated carbocycles. The van der Waals surface area contributed by atoms with Gasteiger partial charge in [-0.25, -0.2) is 4.39 Å². The molecular weight excluding hydrogens is 231 g/mol. The molecule has 0 saturated heterocycles. The van der Waals surface area contributed by atoms with Gasteiger partial charge in [0.25, 0.3) is 0 Å². The Morgan fingerprint density at radius 3 is 2.83 bits per heavy atom. The van der Waals surface area contributed by atoms with E-state index in [2.05, 4.69) is 4.90 Å². The van der Waals surface area contributed by atoms with Gasteiger partial charge in [0.1, 0.15) is 11.6 Å². The molecule has 1 aromatic heterocycles. The third-order valence-electron chi connectivity index (χ3n) is 2.81. The van der Waals surface area contributed by atoms with Crippen LogP contribution in [-0.2, 0) is 19.6 Å². The second kappa shape index (κ2) is 5.80. The minimum absolute atomic E-state index is 0.207. The summed E-state index contributed by atoms with van der Waals surface area (Å²) in [6.45, 7) is 1.80. The summed E-state index contributed by atoms with van der Waals surface area (Å²) in [6, 6.07) is 8.50. The van der Waals surface area contributed by atoms with Crippen LogP contribution in [0.4, 0.5) is 4.39 Å². The van der Waals surface area contributed by atoms with E-state index >= 15 is 0 Å². The minimum Gasteiger partial charge on any atom is -0.468 e. The van der Waals surface area contributed by atoms with Crippen molar-refractivity contribution in [1.29, 1.82) is 0 Å². The molecule has 0 aliphatic rings. The van der Waals surface area contributed by atoms with Crippen molar-refractivity contribution < 1.29 is 8.81 Å². The van der Waals surface area contributed by atoms with Gasteiger partial charge in [-0.15, -0.1) is 0 Å². The number of hydrogen-bond acceptors (Lipinski definition) is 3. The molecule has 0 aliphatic heterocycles. The van der Waals surface area contributed by atoms with E-state index in [1.165, 1.54) is 6.07 Å². The Bertz CT molecular complexity index is 510. The Morgan fingerprint density at radius 2 is 2.11 bits per heavy atom. The average Bonchev–Trinajstić information content (AvgIpc) is 2.76. The van der Waals surface area contributed by atoms with Crippen LogP contribution >= 0.6 is 0 Å². The molecule has 4 heteroatoms. The zero-order chi connectivity index (χ0) is 13.0. The number of rotatable bonds is 5. The molecule has 0 aliphatic carbocycles. The fraction of sp³-hybridized carbons (Fsp3) is 0.286. The van der Waals surface area contributed by atoms with Crippen LogP contribution in [0.1, 0.15) is 16.9 Å². The van der Waals surface area contributed by atoms with E-state index in [-0.39, 0.29) is 5.82 Å². The highest BCUT2D eigenvalue weighted by atomic mass is 19.1. The molecule has 0 spiro atoms. The maximum atomic E-state index is 13.1. The topological polar surface area (TPSA) is 42.4 Å². The first-order chi connectivity index (χ1) is 8.69. The summed E-state index contributed by atoms with van der Waals surface area (Å²) >= 11 is 0. The number of benzene rings is 1. The zero-order valence-corrected chi connectivity index (χ0v) is 10.4. The Balaban J connectivity index is 1.98. The fourth-order valence-corrected chi connectivity index (χ4v) is 1.94. The highest BCUT2D eigenvalue weighted by Gasteiger charge is 2.08. The van der Waals surface area contributed by atoms with Crippen LogP contribution in [-0.4, -0.2) is 11.9 Å². The number of hydrogen-bond donors (Lipinski definition) is 1. The van der Waals surface area contributed by atoms with Crippen molar-refractivity contribution in [1.82, 2.24) is 4.90 Å². The zero-order valence-electron chi connectivity index (χ0n) is 10.4. The first-order valence-electron chi connectivity index (χ1n) is 5.87. The molecule has 1 heterocycles. The van der Waals surface area contributed by atoms with Crippen LogP contribution in [0.25, 0.3) is 0 Å². The van der Waals surface area contributed by atoms with Gasteiger partial charge in [-0.1, -0.05) is 12.1 Å². The van der Waals surface area contributed by atoms with Gasteiger partial charge >= 0.3 is 0 Å². The highest BCUT2D eigenvalue weighted by Crippen LogP contribution is 2.14. The lowest BCUT2D eigenvalue weighted by Gasteiger charge is -2.16. The van der Waals surface area contributed by atoms with Crippen molar-refractivity contribution in [3.05, 3.63) is 59.3 Å². The van der Waals surface area contributed by atoms with Gasteiger partial charge in [0, 0.05) is 18.7 Å². The monoisotopic (exact) mass is 248 g/mol. The second-order valence-electron chi connectivity index (χ2n) is 4.38. The number of nitrogens with two attached hydrogens (primary N) is 1. The SMILES string of the molecule is CN(Cc1cccc(F)c1)Cc1occc1CN. The Morgan fingerprint density at radius 1 is 1.28 bits per heavy atom. The summed E-state index contributed by atoms with van der Waals surface area (Å²) in [6.07, 6.45) is 1.65. The molecule has 18 heavy (non-hydrogen) atoms. The van der Waals surface area contributed by atoms with Crippen LogP contribution in [0, 0.1) is 5.82 Å². The van der Waals surface area contributed by atoms with Crippen molar-refractivity contribution in [3.63, 3.8) is 0 Å². The van der Waals surface area contributed by atoms with Gasteiger partial charge in [0.2, 0.25) is 0 Å². The predicted molar refractivity (Wildman–Crippen MR) is 68.2 cm³/mol. The van der Waals surface area contributed by atoms with Crippen LogP contribution in [0.3, 0.4) is 0 Å². The lowest BCUT2D eigenvalue weighted by Crippen LogP contribution is -2.18.